The highest BCUT2D eigenvalue weighted by molar-refractivity contribution is 5.83. The molecular weight excluding hydrogens is 386 g/mol. The minimum absolute atomic E-state index is 0.0220. The van der Waals surface area contributed by atoms with Gasteiger partial charge in [-0.25, -0.2) is 9.78 Å². The van der Waals surface area contributed by atoms with Crippen LogP contribution >= 0.6 is 0 Å². The number of ether oxygens (including phenoxy) is 2. The van der Waals surface area contributed by atoms with Gasteiger partial charge in [-0.2, -0.15) is 0 Å². The Bertz CT molecular complexity index is 982. The molecule has 0 atom stereocenters. The number of amides is 2. The Morgan fingerprint density at radius 1 is 1.10 bits per heavy atom. The number of nitrogens with zero attached hydrogens (tertiary/aromatic N) is 4. The van der Waals surface area contributed by atoms with Crippen LogP contribution in [0.4, 0.5) is 10.7 Å². The molecule has 0 aliphatic carbocycles. The van der Waals surface area contributed by atoms with Gasteiger partial charge in [-0.05, 0) is 19.4 Å². The smallest absolute Gasteiger partial charge is 0.317 e. The largest absolute Gasteiger partial charge is 0.486 e. The predicted molar refractivity (Wildman–Crippen MR) is 115 cm³/mol. The number of carbonyl (C=O) groups is 1. The molecule has 0 bridgehead atoms. The minimum atomic E-state index is -0.0887. The molecule has 1 fully saturated rings. The number of rotatable bonds is 5. The first kappa shape index (κ1) is 20.3. The zero-order valence-electron chi connectivity index (χ0n) is 17.6. The summed E-state index contributed by atoms with van der Waals surface area (Å²) < 4.78 is 13.0. The first-order chi connectivity index (χ1) is 14.6. The SMILES string of the molecule is CCCCNC(=O)N1CCN(c2nc3cc4c(cc3c(=O)n2CC)OCCO4)CC1. The van der Waals surface area contributed by atoms with Gasteiger partial charge in [-0.15, -0.1) is 0 Å². The molecular formula is C21H29N5O4. The van der Waals surface area contributed by atoms with E-state index in [1.165, 1.54) is 0 Å². The van der Waals surface area contributed by atoms with Crippen LogP contribution in [0.2, 0.25) is 0 Å². The van der Waals surface area contributed by atoms with Crippen LogP contribution in [0.25, 0.3) is 10.9 Å². The maximum absolute atomic E-state index is 13.2. The Balaban J connectivity index is 1.57. The second-order valence-electron chi connectivity index (χ2n) is 7.53. The third-order valence-corrected chi connectivity index (χ3v) is 5.57. The number of piperazine rings is 1. The van der Waals surface area contributed by atoms with E-state index in [2.05, 4.69) is 17.1 Å². The number of unbranched alkanes of at least 4 members (excludes halogenated alkanes) is 1. The van der Waals surface area contributed by atoms with Gasteiger partial charge in [-0.1, -0.05) is 13.3 Å². The Hall–Kier alpha value is -2.97. The Kier molecular flexibility index (Phi) is 5.96. The van der Waals surface area contributed by atoms with Gasteiger partial charge in [0.2, 0.25) is 5.95 Å². The molecule has 0 radical (unpaired) electrons. The summed E-state index contributed by atoms with van der Waals surface area (Å²) in [6.45, 7) is 8.66. The van der Waals surface area contributed by atoms with E-state index in [1.807, 2.05) is 11.8 Å². The van der Waals surface area contributed by atoms with Gasteiger partial charge in [0.25, 0.3) is 5.56 Å². The molecule has 0 unspecified atom stereocenters. The van der Waals surface area contributed by atoms with E-state index in [9.17, 15) is 9.59 Å². The second-order valence-corrected chi connectivity index (χ2v) is 7.53. The normalized spacial score (nSPS) is 16.1. The van der Waals surface area contributed by atoms with E-state index in [1.54, 1.807) is 16.7 Å². The van der Waals surface area contributed by atoms with Crippen molar-refractivity contribution in [2.45, 2.75) is 33.2 Å². The van der Waals surface area contributed by atoms with Crippen molar-refractivity contribution < 1.29 is 14.3 Å². The molecule has 2 aliphatic rings. The number of nitrogens with one attached hydrogen (secondary N) is 1. The van der Waals surface area contributed by atoms with E-state index < -0.39 is 0 Å². The van der Waals surface area contributed by atoms with E-state index in [0.717, 1.165) is 12.8 Å². The Morgan fingerprint density at radius 2 is 1.80 bits per heavy atom. The van der Waals surface area contributed by atoms with Crippen molar-refractivity contribution in [3.63, 3.8) is 0 Å². The Morgan fingerprint density at radius 3 is 2.47 bits per heavy atom. The number of anilines is 1. The minimum Gasteiger partial charge on any atom is -0.486 e. The van der Waals surface area contributed by atoms with Gasteiger partial charge in [0.15, 0.2) is 11.5 Å². The highest BCUT2D eigenvalue weighted by Gasteiger charge is 2.25. The van der Waals surface area contributed by atoms with Crippen LogP contribution in [-0.4, -0.2) is 66.4 Å². The van der Waals surface area contributed by atoms with Crippen molar-refractivity contribution in [1.29, 1.82) is 0 Å². The number of urea groups is 1. The van der Waals surface area contributed by atoms with Crippen LogP contribution < -0.4 is 25.2 Å². The first-order valence-electron chi connectivity index (χ1n) is 10.7. The highest BCUT2D eigenvalue weighted by Crippen LogP contribution is 2.33. The molecule has 1 aromatic heterocycles. The zero-order valence-corrected chi connectivity index (χ0v) is 17.6. The lowest BCUT2D eigenvalue weighted by Gasteiger charge is -2.36. The summed E-state index contributed by atoms with van der Waals surface area (Å²) in [5.41, 5.74) is 0.512. The summed E-state index contributed by atoms with van der Waals surface area (Å²) in [6.07, 6.45) is 2.03. The van der Waals surface area contributed by atoms with Gasteiger partial charge in [0.05, 0.1) is 10.9 Å². The third kappa shape index (κ3) is 3.88. The van der Waals surface area contributed by atoms with Crippen molar-refractivity contribution in [2.75, 3.05) is 50.8 Å². The van der Waals surface area contributed by atoms with Gasteiger partial charge in [0.1, 0.15) is 13.2 Å². The lowest BCUT2D eigenvalue weighted by Crippen LogP contribution is -2.53. The second kappa shape index (κ2) is 8.81. The fraction of sp³-hybridized carbons (Fsp3) is 0.571. The monoisotopic (exact) mass is 415 g/mol. The van der Waals surface area contributed by atoms with Crippen molar-refractivity contribution in [2.24, 2.45) is 0 Å². The number of benzene rings is 1. The van der Waals surface area contributed by atoms with Crippen LogP contribution in [0.15, 0.2) is 16.9 Å². The molecule has 2 aliphatic heterocycles. The maximum atomic E-state index is 13.2. The number of hydrogen-bond acceptors (Lipinski definition) is 6. The summed E-state index contributed by atoms with van der Waals surface area (Å²) in [6, 6.07) is 3.49. The van der Waals surface area contributed by atoms with Crippen LogP contribution in [0, 0.1) is 0 Å². The summed E-state index contributed by atoms with van der Waals surface area (Å²) in [5, 5.41) is 3.49. The molecule has 162 valence electrons. The molecule has 30 heavy (non-hydrogen) atoms. The maximum Gasteiger partial charge on any atom is 0.317 e. The zero-order chi connectivity index (χ0) is 21.1. The number of carbonyl (C=O) groups excluding carboxylic acids is 1. The van der Waals surface area contributed by atoms with Crippen molar-refractivity contribution in [3.8, 4) is 11.5 Å². The van der Waals surface area contributed by atoms with Crippen LogP contribution in [0.5, 0.6) is 11.5 Å². The van der Waals surface area contributed by atoms with Gasteiger partial charge in [-0.3, -0.25) is 9.36 Å². The molecule has 2 amide bonds. The standard InChI is InChI=1S/C21H29N5O4/c1-3-5-6-22-21(28)25-9-7-24(8-10-25)20-23-16-14-18-17(29-11-12-30-18)13-15(16)19(27)26(20)4-2/h13-14H,3-12H2,1-2H3,(H,22,28). The number of hydrogen-bond donors (Lipinski definition) is 1. The molecule has 0 spiro atoms. The highest BCUT2D eigenvalue weighted by atomic mass is 16.6. The van der Waals surface area contributed by atoms with Crippen molar-refractivity contribution >= 4 is 22.9 Å². The molecule has 1 N–H and O–H groups in total. The van der Waals surface area contributed by atoms with Crippen LogP contribution in [0.3, 0.4) is 0 Å². The summed E-state index contributed by atoms with van der Waals surface area (Å²) in [7, 11) is 0. The van der Waals surface area contributed by atoms with Crippen molar-refractivity contribution in [1.82, 2.24) is 19.8 Å². The fourth-order valence-electron chi connectivity index (χ4n) is 3.87. The lowest BCUT2D eigenvalue weighted by atomic mass is 10.2. The van der Waals surface area contributed by atoms with E-state index in [4.69, 9.17) is 14.5 Å². The van der Waals surface area contributed by atoms with Gasteiger partial charge in [0, 0.05) is 45.3 Å². The quantitative estimate of drug-likeness (QED) is 0.750. The summed E-state index contributed by atoms with van der Waals surface area (Å²) >= 11 is 0. The molecule has 1 saturated heterocycles. The van der Waals surface area contributed by atoms with Gasteiger partial charge >= 0.3 is 6.03 Å². The predicted octanol–water partition coefficient (Wildman–Crippen LogP) is 1.82. The summed E-state index contributed by atoms with van der Waals surface area (Å²) in [5.74, 6) is 1.85. The average molecular weight is 415 g/mol. The molecule has 1 aromatic carbocycles. The molecule has 9 nitrogen and oxygen atoms in total. The topological polar surface area (TPSA) is 88.9 Å². The Labute approximate surface area is 175 Å². The molecule has 2 aromatic rings. The molecule has 3 heterocycles. The van der Waals surface area contributed by atoms with E-state index in [-0.39, 0.29) is 11.6 Å². The molecule has 9 heteroatoms. The van der Waals surface area contributed by atoms with E-state index in [0.29, 0.717) is 80.8 Å². The first-order valence-corrected chi connectivity index (χ1v) is 10.7. The number of fused-ring (bicyclic) bond motifs is 2. The number of aromatic nitrogens is 2. The lowest BCUT2D eigenvalue weighted by molar-refractivity contribution is 0.172. The van der Waals surface area contributed by atoms with Gasteiger partial charge < -0.3 is 24.6 Å². The van der Waals surface area contributed by atoms with E-state index >= 15 is 0 Å². The van der Waals surface area contributed by atoms with Crippen LogP contribution in [0.1, 0.15) is 26.7 Å². The fourth-order valence-corrected chi connectivity index (χ4v) is 3.87. The summed E-state index contributed by atoms with van der Waals surface area (Å²) in [4.78, 5) is 34.2. The third-order valence-electron chi connectivity index (χ3n) is 5.57. The van der Waals surface area contributed by atoms with Crippen LogP contribution in [-0.2, 0) is 6.54 Å². The average Bonchev–Trinajstić information content (AvgIpc) is 2.78. The molecule has 4 rings (SSSR count). The molecule has 0 saturated carbocycles. The van der Waals surface area contributed by atoms with Crippen molar-refractivity contribution in [3.05, 3.63) is 22.5 Å².